The minimum absolute atomic E-state index is 0.0802. The van der Waals surface area contributed by atoms with Crippen LogP contribution in [0.2, 0.25) is 0 Å². The number of alkyl halides is 6. The van der Waals surface area contributed by atoms with Gasteiger partial charge in [0.1, 0.15) is 18.1 Å². The molecule has 0 aromatic heterocycles. The Morgan fingerprint density at radius 2 is 0.964 bits per heavy atom. The molecule has 0 heterocycles. The third-order valence-electron chi connectivity index (χ3n) is 7.91. The molecule has 0 bridgehead atoms. The van der Waals surface area contributed by atoms with E-state index in [1.54, 1.807) is 13.8 Å². The standard InChI is InChI=1S/C31H61N5O5.2C2HF3O2/c1-4-5-6-7-8-9-10-11-12-13-14-15-16-20-27(37)34-25(19-17-18-22-32)29(38)36-28(24(2)3)30(39)35-26(21-23-33)31(40)41;2*3-2(4,5)1(6)7/h24-26,28H,4-23,32-33H2,1-3H3,(H,34,37)(H,35,39)(H,36,38)(H,40,41);2*(H,6,7)/t25-,26-,28-;;/m0../s1. The molecular formula is C35H63F6N5O9. The number of carboxylic acid groups (broad SMARTS) is 3. The number of hydrogen-bond acceptors (Lipinski definition) is 8. The molecule has 55 heavy (non-hydrogen) atoms. The van der Waals surface area contributed by atoms with E-state index >= 15 is 0 Å². The summed E-state index contributed by atoms with van der Waals surface area (Å²) < 4.78 is 63.5. The molecule has 3 atom stereocenters. The number of hydrogen-bond donors (Lipinski definition) is 8. The van der Waals surface area contributed by atoms with Gasteiger partial charge in [-0.3, -0.25) is 14.4 Å². The Morgan fingerprint density at radius 1 is 0.545 bits per heavy atom. The molecule has 10 N–H and O–H groups in total. The summed E-state index contributed by atoms with van der Waals surface area (Å²) in [6.45, 7) is 6.35. The van der Waals surface area contributed by atoms with E-state index in [9.17, 15) is 50.6 Å². The Bertz CT molecular complexity index is 1070. The zero-order chi connectivity index (χ0) is 43.0. The Morgan fingerprint density at radius 3 is 1.31 bits per heavy atom. The maximum absolute atomic E-state index is 13.2. The molecule has 20 heteroatoms. The van der Waals surface area contributed by atoms with Crippen molar-refractivity contribution < 1.29 is 70.4 Å². The monoisotopic (exact) mass is 811 g/mol. The van der Waals surface area contributed by atoms with Gasteiger partial charge in [-0.15, -0.1) is 0 Å². The minimum atomic E-state index is -5.08. The van der Waals surface area contributed by atoms with Gasteiger partial charge in [-0.1, -0.05) is 97.8 Å². The first kappa shape index (κ1) is 55.7. The average molecular weight is 812 g/mol. The fourth-order valence-corrected chi connectivity index (χ4v) is 4.81. The van der Waals surface area contributed by atoms with Crippen molar-refractivity contribution in [2.45, 2.75) is 167 Å². The SMILES string of the molecule is CCCCCCCCCCCCCCCC(=O)N[C@@H](CCCCN)C(=O)N[C@H](C(=O)N[C@@H](CCN)C(=O)O)C(C)C.O=C(O)C(F)(F)F.O=C(O)C(F)(F)F. The lowest BCUT2D eigenvalue weighted by molar-refractivity contribution is -0.193. The van der Waals surface area contributed by atoms with E-state index < -0.39 is 60.2 Å². The van der Waals surface area contributed by atoms with Crippen molar-refractivity contribution in [3.05, 3.63) is 0 Å². The Hall–Kier alpha value is -3.68. The van der Waals surface area contributed by atoms with Crippen molar-refractivity contribution in [3.63, 3.8) is 0 Å². The highest BCUT2D eigenvalue weighted by Gasteiger charge is 2.39. The van der Waals surface area contributed by atoms with Gasteiger partial charge in [0.05, 0.1) is 0 Å². The second kappa shape index (κ2) is 32.6. The molecule has 0 saturated heterocycles. The summed E-state index contributed by atoms with van der Waals surface area (Å²) in [5.74, 6) is -8.22. The van der Waals surface area contributed by atoms with E-state index in [1.165, 1.54) is 64.2 Å². The van der Waals surface area contributed by atoms with Crippen molar-refractivity contribution in [1.29, 1.82) is 0 Å². The van der Waals surface area contributed by atoms with Gasteiger partial charge < -0.3 is 42.7 Å². The first-order valence-corrected chi connectivity index (χ1v) is 18.7. The van der Waals surface area contributed by atoms with Gasteiger partial charge in [-0.25, -0.2) is 14.4 Å². The highest BCUT2D eigenvalue weighted by atomic mass is 19.4. The molecule has 0 aliphatic carbocycles. The van der Waals surface area contributed by atoms with Crippen LogP contribution in [0.25, 0.3) is 0 Å². The zero-order valence-corrected chi connectivity index (χ0v) is 32.2. The van der Waals surface area contributed by atoms with E-state index in [-0.39, 0.29) is 24.8 Å². The van der Waals surface area contributed by atoms with E-state index in [1.807, 2.05) is 0 Å². The average Bonchev–Trinajstić information content (AvgIpc) is 3.08. The summed E-state index contributed by atoms with van der Waals surface area (Å²) in [6, 6.07) is -2.87. The van der Waals surface area contributed by atoms with Gasteiger partial charge in [0.15, 0.2) is 0 Å². The molecule has 3 amide bonds. The summed E-state index contributed by atoms with van der Waals surface area (Å²) in [4.78, 5) is 67.9. The topological polar surface area (TPSA) is 251 Å². The van der Waals surface area contributed by atoms with E-state index in [2.05, 4.69) is 22.9 Å². The zero-order valence-electron chi connectivity index (χ0n) is 32.2. The molecule has 0 aromatic rings. The quantitative estimate of drug-likeness (QED) is 0.0385. The van der Waals surface area contributed by atoms with Crippen LogP contribution in [0.4, 0.5) is 26.3 Å². The second-order valence-electron chi connectivity index (χ2n) is 13.2. The van der Waals surface area contributed by atoms with Crippen molar-refractivity contribution >= 4 is 35.6 Å². The number of amides is 3. The Kier molecular flexibility index (Phi) is 32.9. The van der Waals surface area contributed by atoms with Gasteiger partial charge in [-0.2, -0.15) is 26.3 Å². The number of unbranched alkanes of at least 4 members (excludes halogenated alkanes) is 13. The van der Waals surface area contributed by atoms with Crippen molar-refractivity contribution in [1.82, 2.24) is 16.0 Å². The summed E-state index contributed by atoms with van der Waals surface area (Å²) >= 11 is 0. The van der Waals surface area contributed by atoms with Crippen molar-refractivity contribution in [2.24, 2.45) is 17.4 Å². The number of carbonyl (C=O) groups is 6. The molecule has 0 unspecified atom stereocenters. The van der Waals surface area contributed by atoms with E-state index in [0.29, 0.717) is 32.2 Å². The number of nitrogens with one attached hydrogen (secondary N) is 3. The molecule has 0 spiro atoms. The second-order valence-corrected chi connectivity index (χ2v) is 13.2. The van der Waals surface area contributed by atoms with Crippen LogP contribution in [0.15, 0.2) is 0 Å². The molecule has 0 aliphatic rings. The van der Waals surface area contributed by atoms with Crippen LogP contribution in [0.1, 0.15) is 136 Å². The Balaban J connectivity index is -0.00000162. The number of aliphatic carboxylic acids is 3. The van der Waals surface area contributed by atoms with Crippen LogP contribution in [0.3, 0.4) is 0 Å². The van der Waals surface area contributed by atoms with Crippen molar-refractivity contribution in [3.8, 4) is 0 Å². The molecule has 0 fully saturated rings. The maximum atomic E-state index is 13.2. The van der Waals surface area contributed by atoms with Gasteiger partial charge >= 0.3 is 30.3 Å². The summed E-state index contributed by atoms with van der Waals surface area (Å²) in [7, 11) is 0. The first-order chi connectivity index (χ1) is 25.6. The van der Waals surface area contributed by atoms with Crippen LogP contribution in [0.5, 0.6) is 0 Å². The van der Waals surface area contributed by atoms with Gasteiger partial charge in [0.25, 0.3) is 0 Å². The van der Waals surface area contributed by atoms with Gasteiger partial charge in [0.2, 0.25) is 17.7 Å². The predicted octanol–water partition coefficient (Wildman–Crippen LogP) is 5.41. The van der Waals surface area contributed by atoms with E-state index in [0.717, 1.165) is 19.3 Å². The van der Waals surface area contributed by atoms with Crippen LogP contribution in [-0.2, 0) is 28.8 Å². The summed E-state index contributed by atoms with van der Waals surface area (Å²) in [5, 5.41) is 31.6. The smallest absolute Gasteiger partial charge is 0.480 e. The lowest BCUT2D eigenvalue weighted by Gasteiger charge is -2.26. The molecule has 324 valence electrons. The number of carbonyl (C=O) groups excluding carboxylic acids is 3. The summed E-state index contributed by atoms with van der Waals surface area (Å²) in [5.41, 5.74) is 11.1. The molecule has 0 radical (unpaired) electrons. The fraction of sp³-hybridized carbons (Fsp3) is 0.829. The predicted molar refractivity (Wildman–Crippen MR) is 193 cm³/mol. The number of rotatable bonds is 27. The molecule has 0 aliphatic heterocycles. The van der Waals surface area contributed by atoms with E-state index in [4.69, 9.17) is 31.3 Å². The third-order valence-corrected chi connectivity index (χ3v) is 7.91. The molecule has 14 nitrogen and oxygen atoms in total. The lowest BCUT2D eigenvalue weighted by atomic mass is 10.0. The molecular weight excluding hydrogens is 748 g/mol. The maximum Gasteiger partial charge on any atom is 0.490 e. The van der Waals surface area contributed by atoms with Crippen LogP contribution < -0.4 is 27.4 Å². The largest absolute Gasteiger partial charge is 0.490 e. The van der Waals surface area contributed by atoms with Crippen LogP contribution in [-0.4, -0.2) is 94.5 Å². The molecule has 0 aromatic carbocycles. The van der Waals surface area contributed by atoms with Gasteiger partial charge in [0, 0.05) is 6.42 Å². The van der Waals surface area contributed by atoms with Crippen molar-refractivity contribution in [2.75, 3.05) is 13.1 Å². The summed E-state index contributed by atoms with van der Waals surface area (Å²) in [6.07, 6.45) is 8.00. The molecule has 0 saturated carbocycles. The fourth-order valence-electron chi connectivity index (χ4n) is 4.81. The van der Waals surface area contributed by atoms with Crippen LogP contribution in [0, 0.1) is 5.92 Å². The number of carboxylic acids is 3. The Labute approximate surface area is 319 Å². The van der Waals surface area contributed by atoms with Gasteiger partial charge in [-0.05, 0) is 51.1 Å². The normalized spacial score (nSPS) is 12.9. The van der Waals surface area contributed by atoms with Crippen LogP contribution >= 0.6 is 0 Å². The lowest BCUT2D eigenvalue weighted by Crippen LogP contribution is -2.57. The number of nitrogens with two attached hydrogens (primary N) is 2. The molecule has 0 rings (SSSR count). The third kappa shape index (κ3) is 33.4. The minimum Gasteiger partial charge on any atom is -0.480 e. The highest BCUT2D eigenvalue weighted by Crippen LogP contribution is 2.15. The highest BCUT2D eigenvalue weighted by molar-refractivity contribution is 5.93. The number of halogens is 6. The first-order valence-electron chi connectivity index (χ1n) is 18.7.